The number of nitrogens with one attached hydrogen (secondary N) is 1. The van der Waals surface area contributed by atoms with Gasteiger partial charge in [0.1, 0.15) is 0 Å². The first kappa shape index (κ1) is 16.5. The van der Waals surface area contributed by atoms with Crippen LogP contribution < -0.4 is 5.32 Å². The van der Waals surface area contributed by atoms with E-state index in [9.17, 15) is 0 Å². The van der Waals surface area contributed by atoms with E-state index in [1.54, 1.807) is 0 Å². The van der Waals surface area contributed by atoms with Gasteiger partial charge >= 0.3 is 0 Å². The highest BCUT2D eigenvalue weighted by atomic mass is 16.5. The molecule has 0 spiro atoms. The molecule has 0 aromatic heterocycles. The topological polar surface area (TPSA) is 21.3 Å². The van der Waals surface area contributed by atoms with Crippen LogP contribution >= 0.6 is 0 Å². The second-order valence-corrected chi connectivity index (χ2v) is 6.63. The predicted octanol–water partition coefficient (Wildman–Crippen LogP) is 4.47. The summed E-state index contributed by atoms with van der Waals surface area (Å²) in [6, 6.07) is 4.89. The van der Waals surface area contributed by atoms with Crippen molar-refractivity contribution in [2.24, 2.45) is 5.92 Å². The largest absolute Gasteiger partial charge is 0.379 e. The summed E-state index contributed by atoms with van der Waals surface area (Å²) in [4.78, 5) is 0. The molecule has 1 aromatic rings. The number of hydrogen-bond donors (Lipinski definition) is 1. The van der Waals surface area contributed by atoms with Crippen molar-refractivity contribution in [3.63, 3.8) is 0 Å². The van der Waals surface area contributed by atoms with E-state index in [0.29, 0.717) is 6.04 Å². The SMILES string of the molecule is CCCNC(COCCC1CC1)c1c(C)cc(C)cc1C. The molecule has 118 valence electrons. The summed E-state index contributed by atoms with van der Waals surface area (Å²) in [5.74, 6) is 0.954. The number of ether oxygens (including phenoxy) is 1. The highest BCUT2D eigenvalue weighted by molar-refractivity contribution is 5.39. The van der Waals surface area contributed by atoms with E-state index < -0.39 is 0 Å². The summed E-state index contributed by atoms with van der Waals surface area (Å²) < 4.78 is 5.98. The molecule has 1 saturated carbocycles. The number of aryl methyl sites for hydroxylation is 3. The first-order valence-electron chi connectivity index (χ1n) is 8.50. The number of hydrogen-bond acceptors (Lipinski definition) is 2. The van der Waals surface area contributed by atoms with E-state index in [0.717, 1.165) is 32.1 Å². The van der Waals surface area contributed by atoms with Gasteiger partial charge in [0.15, 0.2) is 0 Å². The number of rotatable bonds is 9. The minimum atomic E-state index is 0.324. The van der Waals surface area contributed by atoms with Gasteiger partial charge in [-0.1, -0.05) is 37.5 Å². The lowest BCUT2D eigenvalue weighted by molar-refractivity contribution is 0.106. The quantitative estimate of drug-likeness (QED) is 0.677. The Labute approximate surface area is 130 Å². The van der Waals surface area contributed by atoms with Crippen LogP contribution in [0, 0.1) is 26.7 Å². The Morgan fingerprint density at radius 2 is 1.86 bits per heavy atom. The molecule has 1 atom stereocenters. The number of benzene rings is 1. The standard InChI is InChI=1S/C19H31NO/c1-5-9-20-18(13-21-10-8-17-6-7-17)19-15(3)11-14(2)12-16(19)4/h11-12,17-18,20H,5-10,13H2,1-4H3. The van der Waals surface area contributed by atoms with Crippen molar-refractivity contribution in [1.29, 1.82) is 0 Å². The summed E-state index contributed by atoms with van der Waals surface area (Å²) in [5, 5.41) is 3.67. The molecule has 0 bridgehead atoms. The monoisotopic (exact) mass is 289 g/mol. The molecular formula is C19H31NO. The van der Waals surface area contributed by atoms with Crippen LogP contribution in [0.4, 0.5) is 0 Å². The second kappa shape index (κ2) is 7.95. The Bertz CT molecular complexity index is 428. The Morgan fingerprint density at radius 3 is 2.43 bits per heavy atom. The minimum absolute atomic E-state index is 0.324. The van der Waals surface area contributed by atoms with Gasteiger partial charge in [-0.25, -0.2) is 0 Å². The van der Waals surface area contributed by atoms with Gasteiger partial charge in [0.05, 0.1) is 12.6 Å². The third kappa shape index (κ3) is 5.12. The van der Waals surface area contributed by atoms with Crippen LogP contribution in [-0.4, -0.2) is 19.8 Å². The summed E-state index contributed by atoms with van der Waals surface area (Å²) in [6.07, 6.45) is 5.23. The van der Waals surface area contributed by atoms with Crippen LogP contribution in [0.5, 0.6) is 0 Å². The molecule has 0 heterocycles. The molecule has 1 aromatic carbocycles. The van der Waals surface area contributed by atoms with E-state index in [4.69, 9.17) is 4.74 Å². The maximum absolute atomic E-state index is 5.98. The molecule has 1 aliphatic carbocycles. The van der Waals surface area contributed by atoms with Crippen molar-refractivity contribution in [1.82, 2.24) is 5.32 Å². The molecule has 21 heavy (non-hydrogen) atoms. The fraction of sp³-hybridized carbons (Fsp3) is 0.684. The summed E-state index contributed by atoms with van der Waals surface area (Å²) in [5.41, 5.74) is 5.54. The minimum Gasteiger partial charge on any atom is -0.379 e. The first-order valence-corrected chi connectivity index (χ1v) is 8.50. The zero-order valence-corrected chi connectivity index (χ0v) is 14.2. The lowest BCUT2D eigenvalue weighted by Gasteiger charge is -2.23. The van der Waals surface area contributed by atoms with Gasteiger partial charge in [-0.3, -0.25) is 0 Å². The molecule has 2 rings (SSSR count). The van der Waals surface area contributed by atoms with E-state index in [1.165, 1.54) is 41.5 Å². The average Bonchev–Trinajstić information content (AvgIpc) is 3.22. The van der Waals surface area contributed by atoms with Crippen LogP contribution in [0.2, 0.25) is 0 Å². The molecular weight excluding hydrogens is 258 g/mol. The molecule has 0 amide bonds. The molecule has 0 radical (unpaired) electrons. The van der Waals surface area contributed by atoms with E-state index in [2.05, 4.69) is 45.1 Å². The molecule has 1 fully saturated rings. The van der Waals surface area contributed by atoms with E-state index in [-0.39, 0.29) is 0 Å². The van der Waals surface area contributed by atoms with Crippen LogP contribution in [0.3, 0.4) is 0 Å². The Hall–Kier alpha value is -0.860. The lowest BCUT2D eigenvalue weighted by Crippen LogP contribution is -2.28. The second-order valence-electron chi connectivity index (χ2n) is 6.63. The summed E-state index contributed by atoms with van der Waals surface area (Å²) in [7, 11) is 0. The van der Waals surface area contributed by atoms with Crippen molar-refractivity contribution in [3.8, 4) is 0 Å². The average molecular weight is 289 g/mol. The van der Waals surface area contributed by atoms with Crippen molar-refractivity contribution < 1.29 is 4.74 Å². The van der Waals surface area contributed by atoms with E-state index in [1.807, 2.05) is 0 Å². The van der Waals surface area contributed by atoms with Crippen molar-refractivity contribution >= 4 is 0 Å². The zero-order valence-electron chi connectivity index (χ0n) is 14.2. The highest BCUT2D eigenvalue weighted by Crippen LogP contribution is 2.32. The molecule has 1 aliphatic rings. The molecule has 0 aliphatic heterocycles. The summed E-state index contributed by atoms with van der Waals surface area (Å²) >= 11 is 0. The fourth-order valence-electron chi connectivity index (χ4n) is 3.16. The molecule has 1 N–H and O–H groups in total. The van der Waals surface area contributed by atoms with Crippen LogP contribution in [-0.2, 0) is 4.74 Å². The van der Waals surface area contributed by atoms with Crippen molar-refractivity contribution in [2.45, 2.75) is 59.4 Å². The molecule has 2 heteroatoms. The van der Waals surface area contributed by atoms with Gasteiger partial charge in [-0.15, -0.1) is 0 Å². The smallest absolute Gasteiger partial charge is 0.0661 e. The Balaban J connectivity index is 1.99. The van der Waals surface area contributed by atoms with Crippen molar-refractivity contribution in [3.05, 3.63) is 34.4 Å². The van der Waals surface area contributed by atoms with Crippen LogP contribution in [0.15, 0.2) is 12.1 Å². The van der Waals surface area contributed by atoms with Crippen LogP contribution in [0.1, 0.15) is 60.9 Å². The van der Waals surface area contributed by atoms with Gasteiger partial charge < -0.3 is 10.1 Å². The first-order chi connectivity index (χ1) is 10.1. The Kier molecular flexibility index (Phi) is 6.25. The molecule has 0 saturated heterocycles. The van der Waals surface area contributed by atoms with Gasteiger partial charge in [-0.2, -0.15) is 0 Å². The highest BCUT2D eigenvalue weighted by Gasteiger charge is 2.21. The maximum atomic E-state index is 5.98. The van der Waals surface area contributed by atoms with Gasteiger partial charge in [0.25, 0.3) is 0 Å². The maximum Gasteiger partial charge on any atom is 0.0661 e. The molecule has 2 nitrogen and oxygen atoms in total. The molecule has 1 unspecified atom stereocenters. The van der Waals surface area contributed by atoms with Crippen LogP contribution in [0.25, 0.3) is 0 Å². The Morgan fingerprint density at radius 1 is 1.19 bits per heavy atom. The predicted molar refractivity (Wildman–Crippen MR) is 89.8 cm³/mol. The van der Waals surface area contributed by atoms with Gasteiger partial charge in [0, 0.05) is 6.61 Å². The normalized spacial score (nSPS) is 16.2. The third-order valence-electron chi connectivity index (χ3n) is 4.38. The van der Waals surface area contributed by atoms with Gasteiger partial charge in [0.2, 0.25) is 0 Å². The van der Waals surface area contributed by atoms with Crippen molar-refractivity contribution in [2.75, 3.05) is 19.8 Å². The summed E-state index contributed by atoms with van der Waals surface area (Å²) in [6.45, 7) is 11.6. The van der Waals surface area contributed by atoms with Gasteiger partial charge in [-0.05, 0) is 62.8 Å². The lowest BCUT2D eigenvalue weighted by atomic mass is 9.94. The van der Waals surface area contributed by atoms with E-state index >= 15 is 0 Å². The zero-order chi connectivity index (χ0) is 15.2. The third-order valence-corrected chi connectivity index (χ3v) is 4.38. The fourth-order valence-corrected chi connectivity index (χ4v) is 3.16.